The van der Waals surface area contributed by atoms with Crippen LogP contribution in [0.3, 0.4) is 0 Å². The molecule has 0 saturated carbocycles. The van der Waals surface area contributed by atoms with Gasteiger partial charge in [-0.15, -0.1) is 0 Å². The van der Waals surface area contributed by atoms with Gasteiger partial charge in [-0.25, -0.2) is 8.42 Å². The average Bonchev–Trinajstić information content (AvgIpc) is 2.79. The largest absolute Gasteiger partial charge is 0.376 e. The van der Waals surface area contributed by atoms with Gasteiger partial charge in [-0.3, -0.25) is 5.01 Å². The molecule has 1 aromatic rings. The second kappa shape index (κ2) is 6.33. The van der Waals surface area contributed by atoms with Crippen LogP contribution in [0, 0.1) is 6.92 Å². The summed E-state index contributed by atoms with van der Waals surface area (Å²) in [4.78, 5) is 2.10. The zero-order chi connectivity index (χ0) is 17.4. The molecule has 0 spiro atoms. The average molecular weight is 337 g/mol. The SMILES string of the molecule is CCN1N=CC(=Cc2ccc(S(C)(=O)=O)c(N(C)C)c2C)C1O. The molecule has 0 bridgehead atoms. The zero-order valence-electron chi connectivity index (χ0n) is 14.1. The highest BCUT2D eigenvalue weighted by atomic mass is 32.2. The van der Waals surface area contributed by atoms with Gasteiger partial charge in [0, 0.05) is 32.5 Å². The summed E-state index contributed by atoms with van der Waals surface area (Å²) in [6.45, 7) is 4.41. The van der Waals surface area contributed by atoms with Gasteiger partial charge in [0.15, 0.2) is 16.1 Å². The van der Waals surface area contributed by atoms with Gasteiger partial charge in [-0.1, -0.05) is 6.07 Å². The highest BCUT2D eigenvalue weighted by Gasteiger charge is 2.23. The van der Waals surface area contributed by atoms with Gasteiger partial charge >= 0.3 is 0 Å². The molecule has 126 valence electrons. The van der Waals surface area contributed by atoms with E-state index in [9.17, 15) is 13.5 Å². The van der Waals surface area contributed by atoms with Crippen LogP contribution in [0.25, 0.3) is 6.08 Å². The van der Waals surface area contributed by atoms with E-state index in [1.165, 1.54) is 6.26 Å². The van der Waals surface area contributed by atoms with E-state index in [4.69, 9.17) is 0 Å². The van der Waals surface area contributed by atoms with Gasteiger partial charge in [-0.05, 0) is 37.1 Å². The fourth-order valence-corrected chi connectivity index (χ4v) is 3.69. The Balaban J connectivity index is 2.55. The van der Waals surface area contributed by atoms with Gasteiger partial charge in [0.25, 0.3) is 0 Å². The number of hydrogen-bond donors (Lipinski definition) is 1. The van der Waals surface area contributed by atoms with Crippen molar-refractivity contribution in [3.8, 4) is 0 Å². The third-order valence-corrected chi connectivity index (χ3v) is 4.99. The van der Waals surface area contributed by atoms with Crippen molar-refractivity contribution in [3.05, 3.63) is 28.8 Å². The second-order valence-corrected chi connectivity index (χ2v) is 7.80. The molecule has 1 aliphatic rings. The van der Waals surface area contributed by atoms with E-state index in [1.807, 2.05) is 34.0 Å². The maximum atomic E-state index is 12.0. The van der Waals surface area contributed by atoms with E-state index in [0.717, 1.165) is 11.1 Å². The summed E-state index contributed by atoms with van der Waals surface area (Å²) in [5, 5.41) is 15.9. The predicted molar refractivity (Wildman–Crippen MR) is 93.5 cm³/mol. The van der Waals surface area contributed by atoms with E-state index >= 15 is 0 Å². The first kappa shape index (κ1) is 17.5. The lowest BCUT2D eigenvalue weighted by Gasteiger charge is -2.21. The first-order chi connectivity index (χ1) is 10.7. The van der Waals surface area contributed by atoms with E-state index in [1.54, 1.807) is 28.3 Å². The Labute approximate surface area is 137 Å². The van der Waals surface area contributed by atoms with E-state index in [0.29, 0.717) is 22.7 Å². The van der Waals surface area contributed by atoms with Gasteiger partial charge in [0.2, 0.25) is 0 Å². The maximum Gasteiger partial charge on any atom is 0.177 e. The standard InChI is InChI=1S/C16H23N3O3S/c1-6-19-16(20)13(10-17-19)9-12-7-8-14(23(5,21)22)15(11(12)2)18(3)4/h7-10,16,20H,6H2,1-5H3. The minimum atomic E-state index is -3.31. The molecule has 2 rings (SSSR count). The number of rotatable bonds is 4. The van der Waals surface area contributed by atoms with Crippen molar-refractivity contribution in [2.24, 2.45) is 5.10 Å². The summed E-state index contributed by atoms with van der Waals surface area (Å²) in [5.41, 5.74) is 3.06. The first-order valence-electron chi connectivity index (χ1n) is 7.38. The van der Waals surface area contributed by atoms with E-state index < -0.39 is 16.1 Å². The van der Waals surface area contributed by atoms with Crippen LogP contribution >= 0.6 is 0 Å². The highest BCUT2D eigenvalue weighted by molar-refractivity contribution is 7.90. The molecule has 6 nitrogen and oxygen atoms in total. The van der Waals surface area contributed by atoms with Crippen LogP contribution in [0.2, 0.25) is 0 Å². The van der Waals surface area contributed by atoms with Gasteiger partial charge in [0.05, 0.1) is 16.8 Å². The number of aliphatic hydroxyl groups is 1. The van der Waals surface area contributed by atoms with E-state index in [2.05, 4.69) is 5.10 Å². The topological polar surface area (TPSA) is 73.2 Å². The molecule has 1 atom stereocenters. The summed E-state index contributed by atoms with van der Waals surface area (Å²) in [5.74, 6) is 0. The molecule has 0 saturated heterocycles. The lowest BCUT2D eigenvalue weighted by Crippen LogP contribution is -2.27. The molecule has 0 amide bonds. The number of nitrogens with zero attached hydrogens (tertiary/aromatic N) is 3. The summed E-state index contributed by atoms with van der Waals surface area (Å²) in [6, 6.07) is 3.38. The lowest BCUT2D eigenvalue weighted by atomic mass is 10.0. The summed E-state index contributed by atoms with van der Waals surface area (Å²) >= 11 is 0. The smallest absolute Gasteiger partial charge is 0.177 e. The summed E-state index contributed by atoms with van der Waals surface area (Å²) in [7, 11) is 0.321. The third kappa shape index (κ3) is 3.40. The van der Waals surface area contributed by atoms with Gasteiger partial charge in [0.1, 0.15) is 0 Å². The number of hydrazone groups is 1. The van der Waals surface area contributed by atoms with Crippen LogP contribution in [-0.2, 0) is 9.84 Å². The van der Waals surface area contributed by atoms with Crippen molar-refractivity contribution in [1.29, 1.82) is 0 Å². The van der Waals surface area contributed by atoms with Crippen molar-refractivity contribution in [3.63, 3.8) is 0 Å². The van der Waals surface area contributed by atoms with Crippen molar-refractivity contribution in [2.45, 2.75) is 25.0 Å². The monoisotopic (exact) mass is 337 g/mol. The van der Waals surface area contributed by atoms with Crippen LogP contribution in [-0.4, -0.2) is 57.9 Å². The number of sulfone groups is 1. The zero-order valence-corrected chi connectivity index (χ0v) is 14.9. The minimum Gasteiger partial charge on any atom is -0.376 e. The van der Waals surface area contributed by atoms with Crippen LogP contribution in [0.1, 0.15) is 18.1 Å². The molecular weight excluding hydrogens is 314 g/mol. The lowest BCUT2D eigenvalue weighted by molar-refractivity contribution is 0.0547. The fraction of sp³-hybridized carbons (Fsp3) is 0.438. The normalized spacial score (nSPS) is 19.7. The number of aliphatic hydroxyl groups excluding tert-OH is 1. The second-order valence-electron chi connectivity index (χ2n) is 5.81. The van der Waals surface area contributed by atoms with Crippen molar-refractivity contribution in [1.82, 2.24) is 5.01 Å². The van der Waals surface area contributed by atoms with Crippen LogP contribution in [0.15, 0.2) is 27.7 Å². The summed E-state index contributed by atoms with van der Waals surface area (Å²) in [6.07, 6.45) is 3.92. The number of benzene rings is 1. The minimum absolute atomic E-state index is 0.304. The molecule has 1 aliphatic heterocycles. The Bertz CT molecular complexity index is 767. The van der Waals surface area contributed by atoms with Crippen molar-refractivity contribution in [2.75, 3.05) is 31.8 Å². The Morgan fingerprint density at radius 2 is 2.04 bits per heavy atom. The molecule has 0 aromatic heterocycles. The number of likely N-dealkylation sites (N-methyl/N-ethyl adjacent to an activating group) is 1. The molecular formula is C16H23N3O3S. The Morgan fingerprint density at radius 1 is 1.39 bits per heavy atom. The molecule has 0 radical (unpaired) electrons. The predicted octanol–water partition coefficient (Wildman–Crippen LogP) is 1.49. The molecule has 1 N–H and O–H groups in total. The fourth-order valence-electron chi connectivity index (χ4n) is 2.69. The molecule has 7 heteroatoms. The quantitative estimate of drug-likeness (QED) is 0.901. The van der Waals surface area contributed by atoms with Crippen LogP contribution in [0.4, 0.5) is 5.69 Å². The molecule has 23 heavy (non-hydrogen) atoms. The highest BCUT2D eigenvalue weighted by Crippen LogP contribution is 2.32. The molecule has 0 fully saturated rings. The van der Waals surface area contributed by atoms with Gasteiger partial charge in [-0.2, -0.15) is 5.10 Å². The van der Waals surface area contributed by atoms with Crippen molar-refractivity contribution < 1.29 is 13.5 Å². The summed E-state index contributed by atoms with van der Waals surface area (Å²) < 4.78 is 24.0. The van der Waals surface area contributed by atoms with Crippen LogP contribution < -0.4 is 4.90 Å². The molecule has 0 aliphatic carbocycles. The van der Waals surface area contributed by atoms with E-state index in [-0.39, 0.29) is 0 Å². The number of hydrogen-bond acceptors (Lipinski definition) is 6. The molecule has 1 aromatic carbocycles. The Hall–Kier alpha value is -1.86. The molecule has 1 unspecified atom stereocenters. The molecule has 1 heterocycles. The first-order valence-corrected chi connectivity index (χ1v) is 9.27. The number of anilines is 1. The Morgan fingerprint density at radius 3 is 2.52 bits per heavy atom. The third-order valence-electron chi connectivity index (χ3n) is 3.86. The maximum absolute atomic E-state index is 12.0. The van der Waals surface area contributed by atoms with Gasteiger partial charge < -0.3 is 10.0 Å². The van der Waals surface area contributed by atoms with Crippen LogP contribution in [0.5, 0.6) is 0 Å². The van der Waals surface area contributed by atoms with Crippen molar-refractivity contribution >= 4 is 27.8 Å². The Kier molecular flexibility index (Phi) is 4.81.